The van der Waals surface area contributed by atoms with E-state index in [0.29, 0.717) is 11.3 Å². The van der Waals surface area contributed by atoms with E-state index < -0.39 is 0 Å². The van der Waals surface area contributed by atoms with Crippen molar-refractivity contribution in [2.75, 3.05) is 12.8 Å². The first-order chi connectivity index (χ1) is 8.11. The Morgan fingerprint density at radius 1 is 1.12 bits per heavy atom. The summed E-state index contributed by atoms with van der Waals surface area (Å²) in [6, 6.07) is 10.3. The zero-order chi connectivity index (χ0) is 12.4. The van der Waals surface area contributed by atoms with Crippen LogP contribution in [-0.4, -0.2) is 7.11 Å². The summed E-state index contributed by atoms with van der Waals surface area (Å²) in [6.07, 6.45) is 0. The second-order valence-electron chi connectivity index (χ2n) is 3.92. The van der Waals surface area contributed by atoms with Crippen molar-refractivity contribution >= 4 is 5.69 Å². The van der Waals surface area contributed by atoms with Crippen LogP contribution in [0.15, 0.2) is 36.4 Å². The second kappa shape index (κ2) is 4.45. The fourth-order valence-corrected chi connectivity index (χ4v) is 1.68. The van der Waals surface area contributed by atoms with Crippen molar-refractivity contribution in [1.82, 2.24) is 0 Å². The maximum atomic E-state index is 13.8. The average Bonchev–Trinajstić information content (AvgIpc) is 2.34. The monoisotopic (exact) mass is 231 g/mol. The number of nitrogen functional groups attached to an aromatic ring is 1. The molecule has 0 spiro atoms. The van der Waals surface area contributed by atoms with E-state index in [1.807, 2.05) is 12.1 Å². The van der Waals surface area contributed by atoms with Gasteiger partial charge < -0.3 is 10.5 Å². The maximum Gasteiger partial charge on any atom is 0.131 e. The highest BCUT2D eigenvalue weighted by Gasteiger charge is 2.07. The van der Waals surface area contributed by atoms with Crippen molar-refractivity contribution in [1.29, 1.82) is 0 Å². The number of nitrogens with two attached hydrogens (primary N) is 1. The minimum Gasteiger partial charge on any atom is -0.497 e. The predicted molar refractivity (Wildman–Crippen MR) is 67.5 cm³/mol. The van der Waals surface area contributed by atoms with Gasteiger partial charge in [-0.05, 0) is 42.3 Å². The van der Waals surface area contributed by atoms with Crippen LogP contribution in [0, 0.1) is 12.7 Å². The van der Waals surface area contributed by atoms with Gasteiger partial charge in [-0.3, -0.25) is 0 Å². The van der Waals surface area contributed by atoms with Crippen LogP contribution in [0.25, 0.3) is 11.1 Å². The quantitative estimate of drug-likeness (QED) is 0.804. The first-order valence-electron chi connectivity index (χ1n) is 5.32. The molecular formula is C14H14FNO. The SMILES string of the molecule is COc1ccc(-c2cc(N)c(C)cc2F)cc1. The fraction of sp³-hybridized carbons (Fsp3) is 0.143. The van der Waals surface area contributed by atoms with Crippen LogP contribution in [0.1, 0.15) is 5.56 Å². The molecule has 0 aliphatic rings. The van der Waals surface area contributed by atoms with E-state index in [2.05, 4.69) is 0 Å². The summed E-state index contributed by atoms with van der Waals surface area (Å²) in [6.45, 7) is 1.79. The summed E-state index contributed by atoms with van der Waals surface area (Å²) in [7, 11) is 1.60. The number of rotatable bonds is 2. The Morgan fingerprint density at radius 2 is 1.76 bits per heavy atom. The first kappa shape index (κ1) is 11.5. The largest absolute Gasteiger partial charge is 0.497 e. The number of hydrogen-bond donors (Lipinski definition) is 1. The molecule has 2 aromatic carbocycles. The van der Waals surface area contributed by atoms with Gasteiger partial charge in [-0.25, -0.2) is 4.39 Å². The van der Waals surface area contributed by atoms with Gasteiger partial charge in [0.25, 0.3) is 0 Å². The third-order valence-electron chi connectivity index (χ3n) is 2.76. The van der Waals surface area contributed by atoms with Gasteiger partial charge in [0.1, 0.15) is 11.6 Å². The van der Waals surface area contributed by atoms with Crippen molar-refractivity contribution in [3.05, 3.63) is 47.8 Å². The number of ether oxygens (including phenoxy) is 1. The van der Waals surface area contributed by atoms with Crippen molar-refractivity contribution in [3.8, 4) is 16.9 Å². The summed E-state index contributed by atoms with van der Waals surface area (Å²) in [5.41, 5.74) is 8.43. The second-order valence-corrected chi connectivity index (χ2v) is 3.92. The minimum absolute atomic E-state index is 0.262. The highest BCUT2D eigenvalue weighted by atomic mass is 19.1. The number of methoxy groups -OCH3 is 1. The van der Waals surface area contributed by atoms with Gasteiger partial charge in [0.15, 0.2) is 0 Å². The zero-order valence-electron chi connectivity index (χ0n) is 9.83. The smallest absolute Gasteiger partial charge is 0.131 e. The van der Waals surface area contributed by atoms with Crippen LogP contribution >= 0.6 is 0 Å². The third-order valence-corrected chi connectivity index (χ3v) is 2.76. The van der Waals surface area contributed by atoms with Crippen molar-refractivity contribution in [3.63, 3.8) is 0 Å². The van der Waals surface area contributed by atoms with E-state index in [1.165, 1.54) is 6.07 Å². The molecule has 2 nitrogen and oxygen atoms in total. The predicted octanol–water partition coefficient (Wildman–Crippen LogP) is 3.39. The van der Waals surface area contributed by atoms with E-state index in [-0.39, 0.29) is 5.82 Å². The molecule has 0 saturated heterocycles. The van der Waals surface area contributed by atoms with E-state index in [0.717, 1.165) is 16.9 Å². The molecule has 3 heteroatoms. The molecule has 0 atom stereocenters. The van der Waals surface area contributed by atoms with Crippen LogP contribution in [0.5, 0.6) is 5.75 Å². The van der Waals surface area contributed by atoms with Crippen LogP contribution in [0.4, 0.5) is 10.1 Å². The van der Waals surface area contributed by atoms with Crippen LogP contribution in [-0.2, 0) is 0 Å². The van der Waals surface area contributed by atoms with Crippen LogP contribution in [0.3, 0.4) is 0 Å². The van der Waals surface area contributed by atoms with Gasteiger partial charge >= 0.3 is 0 Å². The fourth-order valence-electron chi connectivity index (χ4n) is 1.68. The van der Waals surface area contributed by atoms with Gasteiger partial charge in [0.05, 0.1) is 7.11 Å². The Kier molecular flexibility index (Phi) is 3.00. The standard InChI is InChI=1S/C14H14FNO/c1-9-7-13(15)12(8-14(9)16)10-3-5-11(17-2)6-4-10/h3-8H,16H2,1-2H3. The molecule has 0 aromatic heterocycles. The Bertz CT molecular complexity index is 535. The Morgan fingerprint density at radius 3 is 2.35 bits per heavy atom. The van der Waals surface area contributed by atoms with Gasteiger partial charge in [-0.15, -0.1) is 0 Å². The number of benzene rings is 2. The molecule has 0 unspecified atom stereocenters. The Labute approximate surface area is 99.8 Å². The van der Waals surface area contributed by atoms with Gasteiger partial charge in [0, 0.05) is 11.3 Å². The summed E-state index contributed by atoms with van der Waals surface area (Å²) in [4.78, 5) is 0. The zero-order valence-corrected chi connectivity index (χ0v) is 9.83. The Balaban J connectivity index is 2.48. The summed E-state index contributed by atoms with van der Waals surface area (Å²) >= 11 is 0. The molecule has 17 heavy (non-hydrogen) atoms. The van der Waals surface area contributed by atoms with Crippen molar-refractivity contribution in [2.24, 2.45) is 0 Å². The number of halogens is 1. The highest BCUT2D eigenvalue weighted by molar-refractivity contribution is 5.70. The number of anilines is 1. The molecule has 0 heterocycles. The molecule has 0 aliphatic heterocycles. The molecule has 2 N–H and O–H groups in total. The average molecular weight is 231 g/mol. The number of hydrogen-bond acceptors (Lipinski definition) is 2. The van der Waals surface area contributed by atoms with Gasteiger partial charge in [-0.2, -0.15) is 0 Å². The molecule has 0 fully saturated rings. The van der Waals surface area contributed by atoms with Gasteiger partial charge in [-0.1, -0.05) is 12.1 Å². The molecule has 0 aliphatic carbocycles. The van der Waals surface area contributed by atoms with Crippen molar-refractivity contribution < 1.29 is 9.13 Å². The normalized spacial score (nSPS) is 10.3. The lowest BCUT2D eigenvalue weighted by Gasteiger charge is -2.08. The lowest BCUT2D eigenvalue weighted by atomic mass is 10.0. The topological polar surface area (TPSA) is 35.2 Å². The lowest BCUT2D eigenvalue weighted by molar-refractivity contribution is 0.415. The first-order valence-corrected chi connectivity index (χ1v) is 5.32. The summed E-state index contributed by atoms with van der Waals surface area (Å²) < 4.78 is 18.9. The molecule has 0 amide bonds. The summed E-state index contributed by atoms with van der Waals surface area (Å²) in [5, 5.41) is 0. The highest BCUT2D eigenvalue weighted by Crippen LogP contribution is 2.28. The van der Waals surface area contributed by atoms with Crippen LogP contribution < -0.4 is 10.5 Å². The molecular weight excluding hydrogens is 217 g/mol. The van der Waals surface area contributed by atoms with E-state index in [9.17, 15) is 4.39 Å². The van der Waals surface area contributed by atoms with E-state index in [4.69, 9.17) is 10.5 Å². The number of aryl methyl sites for hydroxylation is 1. The van der Waals surface area contributed by atoms with Crippen molar-refractivity contribution in [2.45, 2.75) is 6.92 Å². The van der Waals surface area contributed by atoms with Crippen LogP contribution in [0.2, 0.25) is 0 Å². The van der Waals surface area contributed by atoms with E-state index >= 15 is 0 Å². The van der Waals surface area contributed by atoms with Gasteiger partial charge in [0.2, 0.25) is 0 Å². The molecule has 2 aromatic rings. The molecule has 2 rings (SSSR count). The van der Waals surface area contributed by atoms with E-state index in [1.54, 1.807) is 32.2 Å². The lowest BCUT2D eigenvalue weighted by Crippen LogP contribution is -1.93. The minimum atomic E-state index is -0.262. The summed E-state index contributed by atoms with van der Waals surface area (Å²) in [5.74, 6) is 0.483. The Hall–Kier alpha value is -2.03. The maximum absolute atomic E-state index is 13.8. The molecule has 88 valence electrons. The molecule has 0 saturated carbocycles. The third kappa shape index (κ3) is 2.23. The molecule has 0 bridgehead atoms. The molecule has 0 radical (unpaired) electrons.